The van der Waals surface area contributed by atoms with Gasteiger partial charge in [0.1, 0.15) is 5.75 Å². The van der Waals surface area contributed by atoms with Gasteiger partial charge in [-0.15, -0.1) is 13.2 Å². The van der Waals surface area contributed by atoms with Crippen LogP contribution in [0, 0.1) is 5.92 Å². The first kappa shape index (κ1) is 16.5. The number of para-hydroxylation sites is 1. The molecule has 0 aromatic heterocycles. The minimum absolute atomic E-state index is 0.198. The van der Waals surface area contributed by atoms with Crippen LogP contribution in [0.25, 0.3) is 0 Å². The van der Waals surface area contributed by atoms with Gasteiger partial charge in [0, 0.05) is 25.7 Å². The van der Waals surface area contributed by atoms with Gasteiger partial charge in [0.15, 0.2) is 5.96 Å². The van der Waals surface area contributed by atoms with E-state index in [0.29, 0.717) is 11.5 Å². The van der Waals surface area contributed by atoms with Crippen LogP contribution in [0.15, 0.2) is 29.3 Å². The molecule has 0 spiro atoms. The summed E-state index contributed by atoms with van der Waals surface area (Å²) in [4.78, 5) is 4.06. The van der Waals surface area contributed by atoms with Gasteiger partial charge >= 0.3 is 6.36 Å². The van der Waals surface area contributed by atoms with Gasteiger partial charge in [-0.25, -0.2) is 0 Å². The van der Waals surface area contributed by atoms with E-state index < -0.39 is 6.36 Å². The molecule has 2 rings (SSSR count). The molecule has 1 aliphatic rings. The Morgan fingerprint density at radius 3 is 2.64 bits per heavy atom. The smallest absolute Gasteiger partial charge is 0.405 e. The summed E-state index contributed by atoms with van der Waals surface area (Å²) in [5.41, 5.74) is 0.421. The normalized spacial score (nSPS) is 15.5. The van der Waals surface area contributed by atoms with Crippen molar-refractivity contribution in [2.24, 2.45) is 10.9 Å². The minimum Gasteiger partial charge on any atom is -0.405 e. The summed E-state index contributed by atoms with van der Waals surface area (Å²) < 4.78 is 41.1. The van der Waals surface area contributed by atoms with Crippen LogP contribution in [0.2, 0.25) is 0 Å². The molecular formula is C15H20F3N3O. The Kier molecular flexibility index (Phi) is 5.51. The second kappa shape index (κ2) is 7.38. The number of nitrogens with one attached hydrogen (secondary N) is 2. The van der Waals surface area contributed by atoms with Gasteiger partial charge in [-0.2, -0.15) is 0 Å². The van der Waals surface area contributed by atoms with Crippen molar-refractivity contribution in [3.8, 4) is 5.75 Å². The highest BCUT2D eigenvalue weighted by molar-refractivity contribution is 5.79. The molecule has 0 bridgehead atoms. The maximum absolute atomic E-state index is 12.4. The molecule has 1 fully saturated rings. The van der Waals surface area contributed by atoms with Crippen LogP contribution in [-0.4, -0.2) is 25.9 Å². The van der Waals surface area contributed by atoms with Crippen molar-refractivity contribution in [3.05, 3.63) is 29.8 Å². The highest BCUT2D eigenvalue weighted by Crippen LogP contribution is 2.31. The lowest BCUT2D eigenvalue weighted by molar-refractivity contribution is -0.274. The molecule has 0 atom stereocenters. The van der Waals surface area contributed by atoms with E-state index in [2.05, 4.69) is 20.4 Å². The highest BCUT2D eigenvalue weighted by atomic mass is 19.4. The van der Waals surface area contributed by atoms with Crippen molar-refractivity contribution >= 4 is 5.96 Å². The Morgan fingerprint density at radius 1 is 1.27 bits per heavy atom. The van der Waals surface area contributed by atoms with Crippen LogP contribution in [0.5, 0.6) is 5.75 Å². The van der Waals surface area contributed by atoms with Gasteiger partial charge in [0.2, 0.25) is 0 Å². The zero-order chi connectivity index (χ0) is 16.0. The number of hydrogen-bond donors (Lipinski definition) is 2. The van der Waals surface area contributed by atoms with Crippen LogP contribution in [-0.2, 0) is 6.54 Å². The fourth-order valence-electron chi connectivity index (χ4n) is 2.07. The van der Waals surface area contributed by atoms with Gasteiger partial charge in [0.05, 0.1) is 0 Å². The van der Waals surface area contributed by atoms with E-state index in [-0.39, 0.29) is 12.3 Å². The summed E-state index contributed by atoms with van der Waals surface area (Å²) >= 11 is 0. The Hall–Kier alpha value is -1.92. The number of nitrogens with zero attached hydrogens (tertiary/aromatic N) is 1. The van der Waals surface area contributed by atoms with E-state index in [0.717, 1.165) is 18.9 Å². The van der Waals surface area contributed by atoms with Gasteiger partial charge in [0.25, 0.3) is 0 Å². The number of hydrogen-bond acceptors (Lipinski definition) is 2. The molecule has 1 aromatic carbocycles. The molecular weight excluding hydrogens is 295 g/mol. The first-order chi connectivity index (χ1) is 10.5. The zero-order valence-corrected chi connectivity index (χ0v) is 12.4. The van der Waals surface area contributed by atoms with Crippen molar-refractivity contribution in [2.45, 2.75) is 32.2 Å². The van der Waals surface area contributed by atoms with Gasteiger partial charge in [-0.1, -0.05) is 31.0 Å². The molecule has 0 unspecified atom stereocenters. The number of ether oxygens (including phenoxy) is 1. The van der Waals surface area contributed by atoms with Crippen LogP contribution in [0.4, 0.5) is 13.2 Å². The summed E-state index contributed by atoms with van der Waals surface area (Å²) in [5, 5.41) is 6.15. The summed E-state index contributed by atoms with van der Waals surface area (Å²) in [7, 11) is 1.63. The molecule has 22 heavy (non-hydrogen) atoms. The van der Waals surface area contributed by atoms with E-state index in [4.69, 9.17) is 0 Å². The fourth-order valence-corrected chi connectivity index (χ4v) is 2.07. The van der Waals surface area contributed by atoms with Crippen LogP contribution in [0.1, 0.15) is 24.8 Å². The molecule has 0 heterocycles. The van der Waals surface area contributed by atoms with E-state index >= 15 is 0 Å². The number of halogens is 3. The number of alkyl halides is 3. The van der Waals surface area contributed by atoms with Crippen molar-refractivity contribution in [1.82, 2.24) is 10.6 Å². The van der Waals surface area contributed by atoms with Crippen LogP contribution < -0.4 is 15.4 Å². The van der Waals surface area contributed by atoms with Crippen LogP contribution in [0.3, 0.4) is 0 Å². The molecule has 2 N–H and O–H groups in total. The topological polar surface area (TPSA) is 45.7 Å². The van der Waals surface area contributed by atoms with Crippen molar-refractivity contribution < 1.29 is 17.9 Å². The monoisotopic (exact) mass is 315 g/mol. The van der Waals surface area contributed by atoms with E-state index in [9.17, 15) is 13.2 Å². The van der Waals surface area contributed by atoms with Gasteiger partial charge < -0.3 is 15.4 Å². The molecule has 0 saturated heterocycles. The maximum atomic E-state index is 12.4. The number of guanidine groups is 1. The molecule has 1 aliphatic carbocycles. The van der Waals surface area contributed by atoms with Crippen LogP contribution >= 0.6 is 0 Å². The standard InChI is InChI=1S/C15H20F3N3O/c1-19-14(20-9-8-11-6-7-11)21-10-12-4-2-3-5-13(12)22-15(16,17)18/h2-5,11H,6-10H2,1H3,(H2,19,20,21). The third kappa shape index (κ3) is 5.83. The first-order valence-corrected chi connectivity index (χ1v) is 7.26. The predicted molar refractivity (Wildman–Crippen MR) is 78.7 cm³/mol. The quantitative estimate of drug-likeness (QED) is 0.626. The number of aliphatic imine (C=N–C) groups is 1. The summed E-state index contributed by atoms with van der Waals surface area (Å²) in [6, 6.07) is 6.07. The minimum atomic E-state index is -4.69. The SMILES string of the molecule is CN=C(NCCC1CC1)NCc1ccccc1OC(F)(F)F. The second-order valence-electron chi connectivity index (χ2n) is 5.24. The van der Waals surface area contributed by atoms with E-state index in [1.807, 2.05) is 0 Å². The lowest BCUT2D eigenvalue weighted by Crippen LogP contribution is -2.37. The summed E-state index contributed by atoms with van der Waals surface area (Å²) in [5.74, 6) is 1.19. The van der Waals surface area contributed by atoms with Crippen molar-refractivity contribution in [1.29, 1.82) is 0 Å². The molecule has 4 nitrogen and oxygen atoms in total. The Labute approximate surface area is 127 Å². The lowest BCUT2D eigenvalue weighted by atomic mass is 10.2. The average molecular weight is 315 g/mol. The molecule has 1 saturated carbocycles. The Balaban J connectivity index is 1.86. The third-order valence-electron chi connectivity index (χ3n) is 3.41. The van der Waals surface area contributed by atoms with Gasteiger partial charge in [-0.3, -0.25) is 4.99 Å². The molecule has 0 amide bonds. The van der Waals surface area contributed by atoms with E-state index in [1.54, 1.807) is 19.2 Å². The average Bonchev–Trinajstić information content (AvgIpc) is 3.26. The fraction of sp³-hybridized carbons (Fsp3) is 0.533. The summed E-state index contributed by atoms with van der Waals surface area (Å²) in [6.07, 6.45) is -1.03. The molecule has 0 radical (unpaired) electrons. The van der Waals surface area contributed by atoms with Crippen molar-refractivity contribution in [3.63, 3.8) is 0 Å². The number of rotatable bonds is 6. The maximum Gasteiger partial charge on any atom is 0.573 e. The zero-order valence-electron chi connectivity index (χ0n) is 12.4. The Morgan fingerprint density at radius 2 is 2.00 bits per heavy atom. The molecule has 0 aliphatic heterocycles. The van der Waals surface area contributed by atoms with E-state index in [1.165, 1.54) is 25.0 Å². The predicted octanol–water partition coefficient (Wildman–Crippen LogP) is 3.05. The molecule has 122 valence electrons. The first-order valence-electron chi connectivity index (χ1n) is 7.26. The second-order valence-corrected chi connectivity index (χ2v) is 5.24. The highest BCUT2D eigenvalue weighted by Gasteiger charge is 2.31. The third-order valence-corrected chi connectivity index (χ3v) is 3.41. The van der Waals surface area contributed by atoms with Crippen molar-refractivity contribution in [2.75, 3.05) is 13.6 Å². The molecule has 1 aromatic rings. The Bertz CT molecular complexity index is 513. The molecule has 7 heteroatoms. The summed E-state index contributed by atoms with van der Waals surface area (Å²) in [6.45, 7) is 1.01. The van der Waals surface area contributed by atoms with Gasteiger partial charge in [-0.05, 0) is 18.4 Å². The number of benzene rings is 1. The largest absolute Gasteiger partial charge is 0.573 e. The lowest BCUT2D eigenvalue weighted by Gasteiger charge is -2.15.